The molecule has 3 aromatic rings. The fraction of sp³-hybridized carbons (Fsp3) is 0.423. The first-order valence-electron chi connectivity index (χ1n) is 11.4. The summed E-state index contributed by atoms with van der Waals surface area (Å²) in [5.74, 6) is 0. The number of rotatable bonds is 6. The van der Waals surface area contributed by atoms with Crippen LogP contribution in [0, 0.1) is 6.92 Å². The van der Waals surface area contributed by atoms with Gasteiger partial charge in [0.1, 0.15) is 0 Å². The molecule has 33 heavy (non-hydrogen) atoms. The van der Waals surface area contributed by atoms with Gasteiger partial charge >= 0.3 is 0 Å². The van der Waals surface area contributed by atoms with E-state index in [2.05, 4.69) is 25.8 Å². The van der Waals surface area contributed by atoms with E-state index >= 15 is 0 Å². The number of sulfonamides is 1. The minimum absolute atomic E-state index is 0.0115. The molecule has 7 heteroatoms. The highest BCUT2D eigenvalue weighted by Crippen LogP contribution is 2.26. The topological polar surface area (TPSA) is 79.5 Å². The molecule has 1 fully saturated rings. The van der Waals surface area contributed by atoms with E-state index in [-0.39, 0.29) is 35.1 Å². The normalized spacial score (nSPS) is 17.2. The zero-order chi connectivity index (χ0) is 23.8. The van der Waals surface area contributed by atoms with E-state index in [1.165, 1.54) is 4.31 Å². The lowest BCUT2D eigenvalue weighted by Crippen LogP contribution is -2.38. The van der Waals surface area contributed by atoms with Crippen LogP contribution in [0.2, 0.25) is 0 Å². The number of aryl methyl sites for hydroxylation is 1. The predicted octanol–water partition coefficient (Wildman–Crippen LogP) is 4.50. The Bertz CT molecular complexity index is 1300. The lowest BCUT2D eigenvalue weighted by atomic mass is 9.87. The summed E-state index contributed by atoms with van der Waals surface area (Å²) >= 11 is 0. The molecule has 0 amide bonds. The Hall–Kier alpha value is -2.48. The highest BCUT2D eigenvalue weighted by atomic mass is 32.2. The fourth-order valence-electron chi connectivity index (χ4n) is 4.21. The van der Waals surface area contributed by atoms with Crippen molar-refractivity contribution in [3.63, 3.8) is 0 Å². The van der Waals surface area contributed by atoms with E-state index in [1.807, 2.05) is 37.3 Å². The number of fused-ring (bicyclic) bond motifs is 1. The molecule has 1 atom stereocenters. The Morgan fingerprint density at radius 3 is 2.45 bits per heavy atom. The third kappa shape index (κ3) is 5.21. The molecule has 176 valence electrons. The van der Waals surface area contributed by atoms with Crippen molar-refractivity contribution >= 4 is 20.9 Å². The van der Waals surface area contributed by atoms with Gasteiger partial charge in [-0.25, -0.2) is 8.42 Å². The number of H-pyrrole nitrogens is 1. The van der Waals surface area contributed by atoms with Gasteiger partial charge in [-0.15, -0.1) is 0 Å². The summed E-state index contributed by atoms with van der Waals surface area (Å²) in [6.07, 6.45) is 1.55. The molecule has 1 aliphatic rings. The fourth-order valence-corrected chi connectivity index (χ4v) is 5.66. The lowest BCUT2D eigenvalue weighted by molar-refractivity contribution is 0.0925. The maximum atomic E-state index is 13.7. The van der Waals surface area contributed by atoms with Crippen molar-refractivity contribution in [1.82, 2.24) is 9.29 Å². The summed E-state index contributed by atoms with van der Waals surface area (Å²) in [5, 5.41) is 0.874. The summed E-state index contributed by atoms with van der Waals surface area (Å²) in [4.78, 5) is 16.0. The third-order valence-corrected chi connectivity index (χ3v) is 8.04. The maximum Gasteiger partial charge on any atom is 0.252 e. The number of hydrogen-bond donors (Lipinski definition) is 1. The molecule has 1 aliphatic heterocycles. The Kier molecular flexibility index (Phi) is 6.49. The van der Waals surface area contributed by atoms with E-state index in [1.54, 1.807) is 18.2 Å². The van der Waals surface area contributed by atoms with Crippen LogP contribution in [-0.4, -0.2) is 37.0 Å². The number of pyridine rings is 1. The van der Waals surface area contributed by atoms with Gasteiger partial charge in [0.15, 0.2) is 0 Å². The molecule has 2 aromatic carbocycles. The summed E-state index contributed by atoms with van der Waals surface area (Å²) in [6.45, 7) is 9.08. The number of aromatic amines is 1. The molecule has 0 aliphatic carbocycles. The van der Waals surface area contributed by atoms with Crippen molar-refractivity contribution in [2.45, 2.75) is 63.5 Å². The van der Waals surface area contributed by atoms with Gasteiger partial charge in [-0.1, -0.05) is 45.0 Å². The number of nitrogens with zero attached hydrogens (tertiary/aromatic N) is 1. The Balaban J connectivity index is 1.70. The molecule has 1 N–H and O–H groups in total. The van der Waals surface area contributed by atoms with Crippen LogP contribution in [0.1, 0.15) is 50.3 Å². The van der Waals surface area contributed by atoms with Gasteiger partial charge < -0.3 is 9.72 Å². The molecular weight excluding hydrogens is 436 g/mol. The summed E-state index contributed by atoms with van der Waals surface area (Å²) in [7, 11) is -3.83. The van der Waals surface area contributed by atoms with E-state index in [9.17, 15) is 13.2 Å². The van der Waals surface area contributed by atoms with Crippen LogP contribution < -0.4 is 5.56 Å². The second kappa shape index (κ2) is 9.05. The smallest absolute Gasteiger partial charge is 0.252 e. The standard InChI is InChI=1S/C26H32N2O4S/c1-18-7-8-19-15-20(25(29)27-24(19)14-18)16-28(17-22-6-5-13-32-22)33(30,31)23-11-9-21(10-12-23)26(2,3)4/h7-12,14-15,22H,5-6,13,16-17H2,1-4H3,(H,27,29)/t22-/m1/s1. The van der Waals surface area contributed by atoms with Crippen molar-refractivity contribution in [1.29, 1.82) is 0 Å². The number of aromatic nitrogens is 1. The zero-order valence-corrected chi connectivity index (χ0v) is 20.5. The van der Waals surface area contributed by atoms with Crippen molar-refractivity contribution in [3.8, 4) is 0 Å². The highest BCUT2D eigenvalue weighted by molar-refractivity contribution is 7.89. The molecule has 0 unspecified atom stereocenters. The first-order chi connectivity index (χ1) is 15.5. The van der Waals surface area contributed by atoms with Gasteiger partial charge in [-0.3, -0.25) is 4.79 Å². The zero-order valence-electron chi connectivity index (χ0n) is 19.7. The molecule has 1 aromatic heterocycles. The largest absolute Gasteiger partial charge is 0.377 e. The van der Waals surface area contributed by atoms with Crippen molar-refractivity contribution in [2.75, 3.05) is 13.2 Å². The van der Waals surface area contributed by atoms with Gasteiger partial charge in [0.05, 0.1) is 11.0 Å². The molecule has 2 heterocycles. The third-order valence-electron chi connectivity index (χ3n) is 6.21. The quantitative estimate of drug-likeness (QED) is 0.578. The minimum atomic E-state index is -3.83. The first kappa shape index (κ1) is 23.7. The Morgan fingerprint density at radius 2 is 1.82 bits per heavy atom. The number of nitrogens with one attached hydrogen (secondary N) is 1. The number of benzene rings is 2. The van der Waals surface area contributed by atoms with Crippen LogP contribution in [-0.2, 0) is 26.7 Å². The highest BCUT2D eigenvalue weighted by Gasteiger charge is 2.30. The van der Waals surface area contributed by atoms with Crippen molar-refractivity contribution < 1.29 is 13.2 Å². The molecule has 6 nitrogen and oxygen atoms in total. The van der Waals surface area contributed by atoms with E-state index in [4.69, 9.17) is 4.74 Å². The van der Waals surface area contributed by atoms with E-state index in [0.717, 1.165) is 34.9 Å². The summed E-state index contributed by atoms with van der Waals surface area (Å²) < 4.78 is 34.5. The van der Waals surface area contributed by atoms with Crippen LogP contribution in [0.5, 0.6) is 0 Å². The number of hydrogen-bond acceptors (Lipinski definition) is 4. The SMILES string of the molecule is Cc1ccc2cc(CN(C[C@H]3CCCO3)S(=O)(=O)c3ccc(C(C)(C)C)cc3)c(=O)[nH]c2c1. The Labute approximate surface area is 195 Å². The first-order valence-corrected chi connectivity index (χ1v) is 12.8. The minimum Gasteiger partial charge on any atom is -0.377 e. The monoisotopic (exact) mass is 468 g/mol. The molecule has 1 saturated heterocycles. The van der Waals surface area contributed by atoms with Gasteiger partial charge in [0.25, 0.3) is 5.56 Å². The molecule has 0 saturated carbocycles. The Morgan fingerprint density at radius 1 is 1.09 bits per heavy atom. The van der Waals surface area contributed by atoms with Gasteiger partial charge in [0, 0.05) is 30.8 Å². The van der Waals surface area contributed by atoms with Crippen LogP contribution >= 0.6 is 0 Å². The molecule has 0 spiro atoms. The maximum absolute atomic E-state index is 13.7. The second-order valence-corrected chi connectivity index (χ2v) is 11.9. The van der Waals surface area contributed by atoms with E-state index in [0.29, 0.717) is 12.2 Å². The average Bonchev–Trinajstić information content (AvgIpc) is 3.26. The molecule has 4 rings (SSSR count). The molecular formula is C26H32N2O4S. The van der Waals surface area contributed by atoms with E-state index < -0.39 is 10.0 Å². The molecule has 0 radical (unpaired) electrons. The van der Waals surface area contributed by atoms with Crippen molar-refractivity contribution in [3.05, 3.63) is 75.6 Å². The van der Waals surface area contributed by atoms with Crippen LogP contribution in [0.25, 0.3) is 10.9 Å². The van der Waals surface area contributed by atoms with Crippen LogP contribution in [0.4, 0.5) is 0 Å². The second-order valence-electron chi connectivity index (χ2n) is 9.92. The predicted molar refractivity (Wildman–Crippen MR) is 131 cm³/mol. The summed E-state index contributed by atoms with van der Waals surface area (Å²) in [6, 6.07) is 14.7. The number of ether oxygens (including phenoxy) is 1. The van der Waals surface area contributed by atoms with Crippen LogP contribution in [0.3, 0.4) is 0 Å². The molecule has 0 bridgehead atoms. The summed E-state index contributed by atoms with van der Waals surface area (Å²) in [5.41, 5.74) is 2.93. The van der Waals surface area contributed by atoms with Gasteiger partial charge in [-0.2, -0.15) is 4.31 Å². The lowest BCUT2D eigenvalue weighted by Gasteiger charge is -2.25. The van der Waals surface area contributed by atoms with Crippen molar-refractivity contribution in [2.24, 2.45) is 0 Å². The van der Waals surface area contributed by atoms with Gasteiger partial charge in [0.2, 0.25) is 10.0 Å². The average molecular weight is 469 g/mol. The van der Waals surface area contributed by atoms with Crippen LogP contribution in [0.15, 0.2) is 58.2 Å². The van der Waals surface area contributed by atoms with Gasteiger partial charge in [-0.05, 0) is 66.0 Å².